The lowest BCUT2D eigenvalue weighted by atomic mass is 10.1. The van der Waals surface area contributed by atoms with Crippen LogP contribution in [0.4, 0.5) is 8.78 Å². The standard InChI is InChI=1S/C13H17F2NO2/c14-13(15)18-12-4-2-1-3-11(12)8-16-7-10-5-6-17-9-10/h1-4,10,13,16H,5-9H2. The summed E-state index contributed by atoms with van der Waals surface area (Å²) in [5.74, 6) is 0.760. The van der Waals surface area contributed by atoms with Gasteiger partial charge in [0.1, 0.15) is 5.75 Å². The maximum Gasteiger partial charge on any atom is 0.387 e. The van der Waals surface area contributed by atoms with Crippen molar-refractivity contribution < 1.29 is 18.3 Å². The second-order valence-electron chi connectivity index (χ2n) is 4.35. The van der Waals surface area contributed by atoms with Crippen LogP contribution in [0.5, 0.6) is 5.75 Å². The summed E-state index contributed by atoms with van der Waals surface area (Å²) < 4.78 is 34.2. The Morgan fingerprint density at radius 2 is 2.22 bits per heavy atom. The fraction of sp³-hybridized carbons (Fsp3) is 0.538. The molecule has 100 valence electrons. The largest absolute Gasteiger partial charge is 0.434 e. The Morgan fingerprint density at radius 1 is 1.39 bits per heavy atom. The van der Waals surface area contributed by atoms with Gasteiger partial charge < -0.3 is 14.8 Å². The number of ether oxygens (including phenoxy) is 2. The molecule has 18 heavy (non-hydrogen) atoms. The molecule has 1 fully saturated rings. The molecule has 0 radical (unpaired) electrons. The van der Waals surface area contributed by atoms with Gasteiger partial charge in [0.05, 0.1) is 6.61 Å². The zero-order valence-electron chi connectivity index (χ0n) is 10.1. The van der Waals surface area contributed by atoms with Gasteiger partial charge in [-0.25, -0.2) is 0 Å². The van der Waals surface area contributed by atoms with Gasteiger partial charge in [-0.3, -0.25) is 0 Å². The fourth-order valence-corrected chi connectivity index (χ4v) is 2.02. The number of hydrogen-bond donors (Lipinski definition) is 1. The van der Waals surface area contributed by atoms with Crippen LogP contribution in [0.2, 0.25) is 0 Å². The van der Waals surface area contributed by atoms with Gasteiger partial charge in [0.2, 0.25) is 0 Å². The van der Waals surface area contributed by atoms with Crippen LogP contribution in [0.15, 0.2) is 24.3 Å². The number of nitrogens with one attached hydrogen (secondary N) is 1. The van der Waals surface area contributed by atoms with E-state index in [9.17, 15) is 8.78 Å². The van der Waals surface area contributed by atoms with E-state index in [-0.39, 0.29) is 5.75 Å². The van der Waals surface area contributed by atoms with E-state index in [2.05, 4.69) is 10.1 Å². The first-order valence-electron chi connectivity index (χ1n) is 6.07. The highest BCUT2D eigenvalue weighted by molar-refractivity contribution is 5.33. The van der Waals surface area contributed by atoms with Gasteiger partial charge >= 0.3 is 6.61 Å². The smallest absolute Gasteiger partial charge is 0.387 e. The molecule has 0 amide bonds. The molecular weight excluding hydrogens is 240 g/mol. The van der Waals surface area contributed by atoms with Gasteiger partial charge in [-0.1, -0.05) is 18.2 Å². The third kappa shape index (κ3) is 3.92. The quantitative estimate of drug-likeness (QED) is 0.849. The highest BCUT2D eigenvalue weighted by Gasteiger charge is 2.15. The topological polar surface area (TPSA) is 30.5 Å². The van der Waals surface area contributed by atoms with Crippen LogP contribution in [0, 0.1) is 5.92 Å². The van der Waals surface area contributed by atoms with Crippen LogP contribution < -0.4 is 10.1 Å². The average molecular weight is 257 g/mol. The van der Waals surface area contributed by atoms with Crippen LogP contribution in [-0.2, 0) is 11.3 Å². The van der Waals surface area contributed by atoms with Crippen LogP contribution >= 0.6 is 0 Å². The van der Waals surface area contributed by atoms with Crippen LogP contribution in [-0.4, -0.2) is 26.4 Å². The lowest BCUT2D eigenvalue weighted by molar-refractivity contribution is -0.0505. The normalized spacial score (nSPS) is 19.4. The first-order valence-corrected chi connectivity index (χ1v) is 6.07. The van der Waals surface area contributed by atoms with Crippen LogP contribution in [0.1, 0.15) is 12.0 Å². The SMILES string of the molecule is FC(F)Oc1ccccc1CNCC1CCOC1. The second kappa shape index (κ2) is 6.66. The number of benzene rings is 1. The number of alkyl halides is 2. The minimum Gasteiger partial charge on any atom is -0.434 e. The first kappa shape index (κ1) is 13.2. The Kier molecular flexibility index (Phi) is 4.90. The molecule has 1 saturated heterocycles. The second-order valence-corrected chi connectivity index (χ2v) is 4.35. The lowest BCUT2D eigenvalue weighted by Gasteiger charge is -2.13. The minimum absolute atomic E-state index is 0.239. The van der Waals surface area contributed by atoms with Crippen molar-refractivity contribution in [2.45, 2.75) is 19.6 Å². The van der Waals surface area contributed by atoms with Gasteiger partial charge in [0.25, 0.3) is 0 Å². The molecule has 0 saturated carbocycles. The van der Waals surface area contributed by atoms with E-state index < -0.39 is 6.61 Å². The van der Waals surface area contributed by atoms with Crippen LogP contribution in [0.3, 0.4) is 0 Å². The summed E-state index contributed by atoms with van der Waals surface area (Å²) in [6.07, 6.45) is 1.06. The van der Waals surface area contributed by atoms with E-state index in [0.29, 0.717) is 12.5 Å². The van der Waals surface area contributed by atoms with E-state index in [1.807, 2.05) is 6.07 Å². The average Bonchev–Trinajstić information content (AvgIpc) is 2.84. The number of halogens is 2. The molecule has 1 aromatic rings. The zero-order chi connectivity index (χ0) is 12.8. The van der Waals surface area contributed by atoms with Crippen molar-refractivity contribution in [2.24, 2.45) is 5.92 Å². The highest BCUT2D eigenvalue weighted by atomic mass is 19.3. The Morgan fingerprint density at radius 3 is 2.94 bits per heavy atom. The summed E-state index contributed by atoms with van der Waals surface area (Å²) in [5.41, 5.74) is 0.747. The molecule has 2 rings (SSSR count). The number of rotatable bonds is 6. The first-order chi connectivity index (χ1) is 8.75. The van der Waals surface area contributed by atoms with Gasteiger partial charge in [-0.15, -0.1) is 0 Å². The summed E-state index contributed by atoms with van der Waals surface area (Å²) in [6.45, 7) is 0.177. The lowest BCUT2D eigenvalue weighted by Crippen LogP contribution is -2.23. The van der Waals surface area contributed by atoms with Gasteiger partial charge in [0.15, 0.2) is 0 Å². The Bertz CT molecular complexity index is 368. The van der Waals surface area contributed by atoms with Crippen molar-refractivity contribution in [2.75, 3.05) is 19.8 Å². The van der Waals surface area contributed by atoms with Crippen molar-refractivity contribution >= 4 is 0 Å². The van der Waals surface area contributed by atoms with E-state index in [1.54, 1.807) is 18.2 Å². The van der Waals surface area contributed by atoms with Crippen molar-refractivity contribution in [3.63, 3.8) is 0 Å². The maximum absolute atomic E-state index is 12.2. The molecule has 3 nitrogen and oxygen atoms in total. The van der Waals surface area contributed by atoms with Gasteiger partial charge in [-0.05, 0) is 18.4 Å². The monoisotopic (exact) mass is 257 g/mol. The predicted octanol–water partition coefficient (Wildman–Crippen LogP) is 2.41. The summed E-state index contributed by atoms with van der Waals surface area (Å²) in [7, 11) is 0. The molecule has 1 atom stereocenters. The van der Waals surface area contributed by atoms with Crippen molar-refractivity contribution in [3.05, 3.63) is 29.8 Å². The molecule has 0 aliphatic carbocycles. The highest BCUT2D eigenvalue weighted by Crippen LogP contribution is 2.20. The number of para-hydroxylation sites is 1. The molecular formula is C13H17F2NO2. The van der Waals surface area contributed by atoms with E-state index in [4.69, 9.17) is 4.74 Å². The fourth-order valence-electron chi connectivity index (χ4n) is 2.02. The predicted molar refractivity (Wildman–Crippen MR) is 63.7 cm³/mol. The maximum atomic E-state index is 12.2. The zero-order valence-corrected chi connectivity index (χ0v) is 10.1. The molecule has 0 aromatic heterocycles. The molecule has 1 N–H and O–H groups in total. The van der Waals surface area contributed by atoms with Gasteiger partial charge in [-0.2, -0.15) is 8.78 Å². The minimum atomic E-state index is -2.78. The van der Waals surface area contributed by atoms with E-state index >= 15 is 0 Å². The molecule has 1 aliphatic rings. The third-order valence-corrected chi connectivity index (χ3v) is 2.96. The molecule has 1 aromatic carbocycles. The number of hydrogen-bond acceptors (Lipinski definition) is 3. The van der Waals surface area contributed by atoms with E-state index in [1.165, 1.54) is 0 Å². The Labute approximate surface area is 105 Å². The molecule has 1 heterocycles. The Hall–Kier alpha value is -1.20. The Balaban J connectivity index is 1.83. The molecule has 0 spiro atoms. The third-order valence-electron chi connectivity index (χ3n) is 2.96. The molecule has 1 unspecified atom stereocenters. The van der Waals surface area contributed by atoms with Gasteiger partial charge in [0, 0.05) is 25.3 Å². The van der Waals surface area contributed by atoms with Crippen LogP contribution in [0.25, 0.3) is 0 Å². The van der Waals surface area contributed by atoms with Crippen molar-refractivity contribution in [1.29, 1.82) is 0 Å². The molecule has 0 bridgehead atoms. The summed E-state index contributed by atoms with van der Waals surface area (Å²) in [4.78, 5) is 0. The summed E-state index contributed by atoms with van der Waals surface area (Å²) >= 11 is 0. The molecule has 5 heteroatoms. The molecule has 1 aliphatic heterocycles. The summed E-state index contributed by atoms with van der Waals surface area (Å²) in [6, 6.07) is 6.85. The van der Waals surface area contributed by atoms with Crippen molar-refractivity contribution in [3.8, 4) is 5.75 Å². The summed E-state index contributed by atoms with van der Waals surface area (Å²) in [5, 5.41) is 3.25. The van der Waals surface area contributed by atoms with E-state index in [0.717, 1.165) is 31.7 Å². The van der Waals surface area contributed by atoms with Crippen molar-refractivity contribution in [1.82, 2.24) is 5.32 Å².